The van der Waals surface area contributed by atoms with Crippen LogP contribution in [0, 0.1) is 6.92 Å². The van der Waals surface area contributed by atoms with E-state index in [0.29, 0.717) is 23.2 Å². The predicted octanol–water partition coefficient (Wildman–Crippen LogP) is 6.49. The lowest BCUT2D eigenvalue weighted by Gasteiger charge is -2.15. The van der Waals surface area contributed by atoms with E-state index in [1.54, 1.807) is 12.3 Å². The molecule has 0 aliphatic carbocycles. The Bertz CT molecular complexity index is 1260. The second-order valence-corrected chi connectivity index (χ2v) is 7.48. The molecule has 2 aromatic carbocycles. The Morgan fingerprint density at radius 2 is 2.03 bits per heavy atom. The smallest absolute Gasteiger partial charge is 0.249 e. The molecule has 7 heteroatoms. The van der Waals surface area contributed by atoms with Crippen LogP contribution in [0.4, 0.5) is 5.82 Å². The van der Waals surface area contributed by atoms with Gasteiger partial charge in [-0.15, -0.1) is 0 Å². The number of fused-ring (bicyclic) bond motifs is 1. The molecule has 158 valence electrons. The number of aromatic nitrogens is 1. The second kappa shape index (κ2) is 8.70. The first-order valence-corrected chi connectivity index (χ1v) is 10.2. The molecular weight excluding hydrogens is 416 g/mol. The lowest BCUT2D eigenvalue weighted by atomic mass is 9.96. The molecule has 6 nitrogen and oxygen atoms in total. The van der Waals surface area contributed by atoms with E-state index in [2.05, 4.69) is 10.5 Å². The highest BCUT2D eigenvalue weighted by atomic mass is 35.5. The van der Waals surface area contributed by atoms with Gasteiger partial charge >= 0.3 is 0 Å². The average Bonchev–Trinajstić information content (AvgIpc) is 3.40. The molecule has 0 bridgehead atoms. The van der Waals surface area contributed by atoms with Gasteiger partial charge in [-0.2, -0.15) is 0 Å². The molecule has 2 heterocycles. The number of amides is 1. The van der Waals surface area contributed by atoms with E-state index in [-0.39, 0.29) is 5.91 Å². The number of nitrogens with zero attached hydrogens (tertiary/aromatic N) is 1. The number of carbonyl (C=O) groups excluding carboxylic acids is 1. The van der Waals surface area contributed by atoms with Crippen molar-refractivity contribution in [3.8, 4) is 16.9 Å². The molecule has 2 aromatic heterocycles. The van der Waals surface area contributed by atoms with Crippen LogP contribution in [-0.2, 0) is 4.79 Å². The van der Waals surface area contributed by atoms with Gasteiger partial charge in [-0.25, -0.2) is 0 Å². The van der Waals surface area contributed by atoms with Crippen molar-refractivity contribution < 1.29 is 18.5 Å². The van der Waals surface area contributed by atoms with Gasteiger partial charge in [0.2, 0.25) is 5.91 Å². The third-order valence-corrected chi connectivity index (χ3v) is 5.20. The number of carbonyl (C=O) groups is 1. The van der Waals surface area contributed by atoms with Gasteiger partial charge in [0.05, 0.1) is 12.9 Å². The van der Waals surface area contributed by atoms with Gasteiger partial charge in [0, 0.05) is 39.2 Å². The van der Waals surface area contributed by atoms with Crippen molar-refractivity contribution >= 4 is 39.9 Å². The second-order valence-electron chi connectivity index (χ2n) is 7.05. The molecule has 0 spiro atoms. The number of ether oxygens (including phenoxy) is 1. The fourth-order valence-corrected chi connectivity index (χ4v) is 3.63. The van der Waals surface area contributed by atoms with Crippen LogP contribution >= 0.6 is 11.6 Å². The molecule has 0 atom stereocenters. The first kappa shape index (κ1) is 20.8. The third-order valence-electron chi connectivity index (χ3n) is 4.95. The summed E-state index contributed by atoms with van der Waals surface area (Å²) in [5, 5.41) is 7.97. The van der Waals surface area contributed by atoms with Gasteiger partial charge in [-0.3, -0.25) is 4.79 Å². The van der Waals surface area contributed by atoms with Gasteiger partial charge in [-0.1, -0.05) is 28.9 Å². The number of hydrogen-bond acceptors (Lipinski definition) is 5. The Kier molecular flexibility index (Phi) is 5.82. The number of furan rings is 1. The molecule has 0 fully saturated rings. The van der Waals surface area contributed by atoms with E-state index in [1.807, 2.05) is 51.1 Å². The Morgan fingerprint density at radius 1 is 1.26 bits per heavy atom. The zero-order chi connectivity index (χ0) is 22.0. The number of aryl methyl sites for hydroxylation is 1. The SMILES string of the molecule is CCOc1c(/C(C)=C/C(=O)Nc2ccon2)cc2c(-c3ccc(Cl)cc3)coc2c1C. The van der Waals surface area contributed by atoms with E-state index in [1.165, 1.54) is 12.3 Å². The molecule has 1 N–H and O–H groups in total. The number of hydrogen-bond donors (Lipinski definition) is 1. The van der Waals surface area contributed by atoms with Crippen LogP contribution < -0.4 is 10.1 Å². The molecule has 0 saturated heterocycles. The lowest BCUT2D eigenvalue weighted by molar-refractivity contribution is -0.111. The summed E-state index contributed by atoms with van der Waals surface area (Å²) in [6, 6.07) is 11.2. The molecule has 0 saturated carbocycles. The van der Waals surface area contributed by atoms with E-state index in [9.17, 15) is 4.79 Å². The molecule has 0 aliphatic rings. The summed E-state index contributed by atoms with van der Waals surface area (Å²) >= 11 is 6.04. The van der Waals surface area contributed by atoms with Gasteiger partial charge in [0.1, 0.15) is 17.6 Å². The highest BCUT2D eigenvalue weighted by Gasteiger charge is 2.19. The van der Waals surface area contributed by atoms with E-state index >= 15 is 0 Å². The van der Waals surface area contributed by atoms with E-state index < -0.39 is 0 Å². The molecule has 0 aliphatic heterocycles. The minimum Gasteiger partial charge on any atom is -0.493 e. The van der Waals surface area contributed by atoms with Gasteiger partial charge in [-0.05, 0) is 50.1 Å². The Balaban J connectivity index is 1.81. The number of allylic oxidation sites excluding steroid dienone is 1. The number of halogens is 1. The Labute approximate surface area is 184 Å². The average molecular weight is 437 g/mol. The van der Waals surface area contributed by atoms with Crippen LogP contribution in [0.15, 0.2) is 63.9 Å². The molecular formula is C24H21ClN2O4. The fourth-order valence-electron chi connectivity index (χ4n) is 3.51. The number of rotatable bonds is 6. The molecule has 0 radical (unpaired) electrons. The zero-order valence-corrected chi connectivity index (χ0v) is 18.1. The van der Waals surface area contributed by atoms with Crippen LogP contribution in [0.2, 0.25) is 5.02 Å². The monoisotopic (exact) mass is 436 g/mol. The van der Waals surface area contributed by atoms with E-state index in [4.69, 9.17) is 25.3 Å². The molecule has 4 rings (SSSR count). The molecule has 0 unspecified atom stereocenters. The first-order chi connectivity index (χ1) is 15.0. The maximum atomic E-state index is 12.4. The maximum absolute atomic E-state index is 12.4. The van der Waals surface area contributed by atoms with Crippen LogP contribution in [0.25, 0.3) is 27.7 Å². The minimum absolute atomic E-state index is 0.309. The summed E-state index contributed by atoms with van der Waals surface area (Å²) < 4.78 is 16.6. The number of anilines is 1. The normalized spacial score (nSPS) is 11.7. The summed E-state index contributed by atoms with van der Waals surface area (Å²) in [7, 11) is 0. The summed E-state index contributed by atoms with van der Waals surface area (Å²) in [6.07, 6.45) is 4.64. The highest BCUT2D eigenvalue weighted by molar-refractivity contribution is 6.30. The van der Waals surface area contributed by atoms with Gasteiger partial charge in [0.15, 0.2) is 5.82 Å². The van der Waals surface area contributed by atoms with Gasteiger partial charge in [0.25, 0.3) is 0 Å². The summed E-state index contributed by atoms with van der Waals surface area (Å²) in [5.41, 5.74) is 5.12. The Morgan fingerprint density at radius 3 is 2.71 bits per heavy atom. The first-order valence-electron chi connectivity index (χ1n) is 9.81. The largest absolute Gasteiger partial charge is 0.493 e. The van der Waals surface area contributed by atoms with Crippen molar-refractivity contribution in [2.45, 2.75) is 20.8 Å². The standard InChI is InChI=1S/C24H21ClN2O4/c1-4-29-23-15(3)24-19(20(13-30-24)16-5-7-17(25)8-6-16)12-18(23)14(2)11-22(28)26-21-9-10-31-27-21/h5-13H,4H2,1-3H3,(H,26,27,28)/b14-11+. The van der Waals surface area contributed by atoms with Crippen molar-refractivity contribution in [1.29, 1.82) is 0 Å². The highest BCUT2D eigenvalue weighted by Crippen LogP contribution is 2.40. The maximum Gasteiger partial charge on any atom is 0.249 e. The van der Waals surface area contributed by atoms with Crippen LogP contribution in [0.1, 0.15) is 25.0 Å². The van der Waals surface area contributed by atoms with Gasteiger partial charge < -0.3 is 19.0 Å². The quantitative estimate of drug-likeness (QED) is 0.349. The van der Waals surface area contributed by atoms with Crippen LogP contribution in [0.5, 0.6) is 5.75 Å². The molecule has 4 aromatic rings. The zero-order valence-electron chi connectivity index (χ0n) is 17.4. The van der Waals surface area contributed by atoms with Crippen molar-refractivity contribution in [3.63, 3.8) is 0 Å². The molecule has 31 heavy (non-hydrogen) atoms. The van der Waals surface area contributed by atoms with Crippen molar-refractivity contribution in [1.82, 2.24) is 5.16 Å². The van der Waals surface area contributed by atoms with Crippen molar-refractivity contribution in [2.75, 3.05) is 11.9 Å². The fraction of sp³-hybridized carbons (Fsp3) is 0.167. The number of benzene rings is 2. The van der Waals surface area contributed by atoms with Crippen molar-refractivity contribution in [3.05, 3.63) is 71.2 Å². The summed E-state index contributed by atoms with van der Waals surface area (Å²) in [4.78, 5) is 12.4. The van der Waals surface area contributed by atoms with E-state index in [0.717, 1.165) is 38.8 Å². The lowest BCUT2D eigenvalue weighted by Crippen LogP contribution is -2.09. The van der Waals surface area contributed by atoms with Crippen LogP contribution in [-0.4, -0.2) is 17.7 Å². The Hall–Kier alpha value is -3.51. The summed E-state index contributed by atoms with van der Waals surface area (Å²) in [6.45, 7) is 6.23. The molecule has 1 amide bonds. The minimum atomic E-state index is -0.309. The third kappa shape index (κ3) is 4.20. The topological polar surface area (TPSA) is 77.5 Å². The van der Waals surface area contributed by atoms with Crippen molar-refractivity contribution in [2.24, 2.45) is 0 Å². The summed E-state index contributed by atoms with van der Waals surface area (Å²) in [5.74, 6) is 0.734. The predicted molar refractivity (Wildman–Crippen MR) is 121 cm³/mol. The van der Waals surface area contributed by atoms with Crippen LogP contribution in [0.3, 0.4) is 0 Å². The number of nitrogens with one attached hydrogen (secondary N) is 1.